The first-order chi connectivity index (χ1) is 15.9. The van der Waals surface area contributed by atoms with Gasteiger partial charge in [0.1, 0.15) is 34.1 Å². The number of oxime groups is 1. The molecule has 2 aliphatic rings. The monoisotopic (exact) mass is 525 g/mol. The molecule has 0 radical (unpaired) electrons. The zero-order chi connectivity index (χ0) is 23.5. The molecule has 0 bridgehead atoms. The lowest BCUT2D eigenvalue weighted by molar-refractivity contribution is -0.150. The Hall–Kier alpha value is -2.95. The molecule has 2 aromatic heterocycles. The lowest BCUT2D eigenvalue weighted by Gasteiger charge is -2.49. The van der Waals surface area contributed by atoms with E-state index in [1.807, 2.05) is 0 Å². The number of carboxylic acid groups (broad SMARTS) is 1. The number of nitrogens with two attached hydrogens (primary N) is 1. The molecule has 0 spiro atoms. The Morgan fingerprint density at radius 2 is 2.30 bits per heavy atom. The molecule has 1 fully saturated rings. The number of nitrogens with zero attached hydrogens (tertiary/aromatic N) is 5. The van der Waals surface area contributed by atoms with E-state index in [2.05, 4.69) is 25.0 Å². The smallest absolute Gasteiger partial charge is 0.352 e. The van der Waals surface area contributed by atoms with Gasteiger partial charge < -0.3 is 21.0 Å². The summed E-state index contributed by atoms with van der Waals surface area (Å²) >= 11 is 5.05. The largest absolute Gasteiger partial charge is 0.477 e. The summed E-state index contributed by atoms with van der Waals surface area (Å²) in [5.74, 6) is -2.08. The summed E-state index contributed by atoms with van der Waals surface area (Å²) in [5, 5.41) is 22.7. The standard InChI is InChI=1S/C17H15N7O5S4/c1-29-22-10(8-6-32-17(18)20-8)13(25)21-11-14(26)24-12(16(27)28)7(5-31-15(11)24)2-3-30-9-4-19-23-33-9/h2-4,6,11,15H,5H2,1H3,(H2,18,20)(H,21,25)(H,27,28)/b3-2+,22-10?/t11-,15-/m1/s1. The number of aromatic nitrogens is 3. The van der Waals surface area contributed by atoms with Crippen LogP contribution >= 0.6 is 46.4 Å². The predicted octanol–water partition coefficient (Wildman–Crippen LogP) is 0.972. The Balaban J connectivity index is 1.49. The molecule has 2 atom stereocenters. The molecule has 172 valence electrons. The number of thiazole rings is 1. The number of nitrogens with one attached hydrogen (secondary N) is 1. The third-order valence-corrected chi connectivity index (χ3v) is 8.00. The van der Waals surface area contributed by atoms with Crippen LogP contribution in [0.5, 0.6) is 0 Å². The van der Waals surface area contributed by atoms with Crippen LogP contribution in [-0.2, 0) is 19.2 Å². The molecule has 4 N–H and O–H groups in total. The molecule has 2 aliphatic heterocycles. The van der Waals surface area contributed by atoms with Crippen molar-refractivity contribution in [1.29, 1.82) is 0 Å². The zero-order valence-corrected chi connectivity index (χ0v) is 20.0. The highest BCUT2D eigenvalue weighted by Gasteiger charge is 2.54. The van der Waals surface area contributed by atoms with Gasteiger partial charge in [-0.1, -0.05) is 21.4 Å². The highest BCUT2D eigenvalue weighted by Crippen LogP contribution is 2.41. The van der Waals surface area contributed by atoms with Crippen molar-refractivity contribution >= 4 is 75.0 Å². The lowest BCUT2D eigenvalue weighted by atomic mass is 10.0. The third kappa shape index (κ3) is 4.73. The fourth-order valence-corrected chi connectivity index (χ4v) is 6.11. The number of aliphatic carboxylic acids is 1. The average molecular weight is 526 g/mol. The fraction of sp³-hybridized carbons (Fsp3) is 0.235. The van der Waals surface area contributed by atoms with Gasteiger partial charge in [0.15, 0.2) is 10.8 Å². The van der Waals surface area contributed by atoms with Gasteiger partial charge in [-0.15, -0.1) is 28.2 Å². The van der Waals surface area contributed by atoms with E-state index in [0.717, 1.165) is 15.5 Å². The number of allylic oxidation sites excluding steroid dienone is 1. The van der Waals surface area contributed by atoms with E-state index >= 15 is 0 Å². The lowest BCUT2D eigenvalue weighted by Crippen LogP contribution is -2.71. The topological polar surface area (TPSA) is 173 Å². The average Bonchev–Trinajstić information content (AvgIpc) is 3.46. The van der Waals surface area contributed by atoms with Crippen molar-refractivity contribution in [2.75, 3.05) is 18.6 Å². The number of carboxylic acids is 1. The van der Waals surface area contributed by atoms with E-state index in [1.165, 1.54) is 47.1 Å². The number of nitrogen functional groups attached to an aromatic ring is 1. The highest BCUT2D eigenvalue weighted by molar-refractivity contribution is 8.03. The van der Waals surface area contributed by atoms with Crippen molar-refractivity contribution in [2.24, 2.45) is 5.16 Å². The second-order valence-corrected chi connectivity index (χ2v) is 10.4. The summed E-state index contributed by atoms with van der Waals surface area (Å²) in [5.41, 5.74) is 6.09. The predicted molar refractivity (Wildman–Crippen MR) is 125 cm³/mol. The van der Waals surface area contributed by atoms with Gasteiger partial charge >= 0.3 is 5.97 Å². The Labute approximate surface area is 203 Å². The summed E-state index contributed by atoms with van der Waals surface area (Å²) in [4.78, 5) is 47.5. The van der Waals surface area contributed by atoms with Crippen LogP contribution in [0.1, 0.15) is 5.69 Å². The van der Waals surface area contributed by atoms with Crippen LogP contribution < -0.4 is 11.1 Å². The van der Waals surface area contributed by atoms with E-state index in [-0.39, 0.29) is 22.2 Å². The Bertz CT molecular complexity index is 1180. The molecule has 12 nitrogen and oxygen atoms in total. The highest BCUT2D eigenvalue weighted by atomic mass is 32.2. The van der Waals surface area contributed by atoms with Crippen molar-refractivity contribution in [2.45, 2.75) is 15.6 Å². The van der Waals surface area contributed by atoms with Crippen LogP contribution in [0.3, 0.4) is 0 Å². The minimum absolute atomic E-state index is 0.105. The molecule has 16 heteroatoms. The molecule has 1 saturated heterocycles. The van der Waals surface area contributed by atoms with Crippen molar-refractivity contribution in [3.05, 3.63) is 40.0 Å². The van der Waals surface area contributed by atoms with Crippen LogP contribution in [-0.4, -0.2) is 72.4 Å². The van der Waals surface area contributed by atoms with Crippen LogP contribution in [0.2, 0.25) is 0 Å². The van der Waals surface area contributed by atoms with Crippen molar-refractivity contribution in [1.82, 2.24) is 24.8 Å². The number of β-lactam (4-membered cyclic amide) rings is 1. The van der Waals surface area contributed by atoms with Crippen molar-refractivity contribution < 1.29 is 24.3 Å². The molecule has 0 aromatic carbocycles. The maximum Gasteiger partial charge on any atom is 0.352 e. The van der Waals surface area contributed by atoms with Gasteiger partial charge in [0.25, 0.3) is 11.8 Å². The SMILES string of the molecule is CON=C(C(=O)N[C@@H]1C(=O)N2C(C(=O)O)=C(/C=C/Sc3cnns3)CS[C@H]12)c1csc(N)n1. The number of carbonyl (C=O) groups excluding carboxylic acids is 2. The molecule has 33 heavy (non-hydrogen) atoms. The van der Waals surface area contributed by atoms with Gasteiger partial charge in [0.2, 0.25) is 0 Å². The molecule has 4 heterocycles. The minimum atomic E-state index is -1.22. The minimum Gasteiger partial charge on any atom is -0.477 e. The second-order valence-electron chi connectivity index (χ2n) is 6.39. The Morgan fingerprint density at radius 1 is 1.48 bits per heavy atom. The molecule has 0 unspecified atom stereocenters. The first-order valence-corrected chi connectivity index (χ1v) is 12.6. The molecule has 0 saturated carbocycles. The zero-order valence-electron chi connectivity index (χ0n) is 16.7. The maximum absolute atomic E-state index is 12.8. The number of rotatable bonds is 8. The van der Waals surface area contributed by atoms with Gasteiger partial charge in [0, 0.05) is 11.1 Å². The van der Waals surface area contributed by atoms with Gasteiger partial charge in [0.05, 0.1) is 6.20 Å². The molecular weight excluding hydrogens is 510 g/mol. The van der Waals surface area contributed by atoms with Crippen molar-refractivity contribution in [3.63, 3.8) is 0 Å². The van der Waals surface area contributed by atoms with Gasteiger partial charge in [-0.2, -0.15) is 0 Å². The summed E-state index contributed by atoms with van der Waals surface area (Å²) in [6.45, 7) is 0. The number of fused-ring (bicyclic) bond motifs is 1. The molecule has 4 rings (SSSR count). The summed E-state index contributed by atoms with van der Waals surface area (Å²) < 4.78 is 4.61. The number of carbonyl (C=O) groups is 3. The first-order valence-electron chi connectivity index (χ1n) is 9.05. The fourth-order valence-electron chi connectivity index (χ4n) is 3.07. The Kier molecular flexibility index (Phi) is 6.96. The van der Waals surface area contributed by atoms with E-state index in [4.69, 9.17) is 10.6 Å². The number of amides is 2. The van der Waals surface area contributed by atoms with Crippen LogP contribution in [0.25, 0.3) is 0 Å². The summed E-state index contributed by atoms with van der Waals surface area (Å²) in [7, 11) is 1.28. The normalized spacial score (nSPS) is 20.6. The maximum atomic E-state index is 12.8. The van der Waals surface area contributed by atoms with E-state index in [1.54, 1.807) is 23.1 Å². The number of thioether (sulfide) groups is 2. The van der Waals surface area contributed by atoms with Gasteiger partial charge in [-0.25, -0.2) is 9.78 Å². The van der Waals surface area contributed by atoms with Gasteiger partial charge in [-0.3, -0.25) is 14.5 Å². The summed E-state index contributed by atoms with van der Waals surface area (Å²) in [6.07, 6.45) is 3.26. The number of anilines is 1. The molecule has 2 amide bonds. The van der Waals surface area contributed by atoms with Crippen LogP contribution in [0, 0.1) is 0 Å². The first kappa shape index (κ1) is 23.2. The molecular formula is C17H15N7O5S4. The second kappa shape index (κ2) is 9.90. The third-order valence-electron chi connectivity index (χ3n) is 4.44. The van der Waals surface area contributed by atoms with E-state index in [0.29, 0.717) is 11.3 Å². The molecule has 0 aliphatic carbocycles. The van der Waals surface area contributed by atoms with Gasteiger partial charge in [-0.05, 0) is 28.6 Å². The molecule has 2 aromatic rings. The van der Waals surface area contributed by atoms with E-state index in [9.17, 15) is 19.5 Å². The summed E-state index contributed by atoms with van der Waals surface area (Å²) in [6, 6.07) is -0.918. The number of hydrogen-bond acceptors (Lipinski definition) is 13. The number of hydrogen-bond donors (Lipinski definition) is 3. The quantitative estimate of drug-likeness (QED) is 0.194. The van der Waals surface area contributed by atoms with Crippen molar-refractivity contribution in [3.8, 4) is 0 Å². The van der Waals surface area contributed by atoms with Crippen LogP contribution in [0.4, 0.5) is 5.13 Å². The van der Waals surface area contributed by atoms with E-state index < -0.39 is 29.2 Å². The Morgan fingerprint density at radius 3 is 2.94 bits per heavy atom. The van der Waals surface area contributed by atoms with Crippen LogP contribution in [0.15, 0.2) is 43.7 Å².